The maximum Gasteiger partial charge on any atom is 0.277 e. The molecule has 4 rings (SSSR count). The Labute approximate surface area is 157 Å². The first-order chi connectivity index (χ1) is 13.2. The lowest BCUT2D eigenvalue weighted by molar-refractivity contribution is -0.136. The average molecular weight is 369 g/mol. The van der Waals surface area contributed by atoms with E-state index >= 15 is 0 Å². The molecule has 0 spiro atoms. The highest BCUT2D eigenvalue weighted by atomic mass is 16.5. The number of oxazole rings is 1. The van der Waals surface area contributed by atoms with Crippen molar-refractivity contribution in [3.05, 3.63) is 48.2 Å². The van der Waals surface area contributed by atoms with Crippen molar-refractivity contribution in [3.63, 3.8) is 0 Å². The summed E-state index contributed by atoms with van der Waals surface area (Å²) in [6, 6.07) is 7.90. The maximum atomic E-state index is 12.5. The van der Waals surface area contributed by atoms with Crippen molar-refractivity contribution in [2.45, 2.75) is 25.2 Å². The van der Waals surface area contributed by atoms with Crippen molar-refractivity contribution in [3.8, 4) is 0 Å². The van der Waals surface area contributed by atoms with E-state index in [0.717, 1.165) is 38.0 Å². The summed E-state index contributed by atoms with van der Waals surface area (Å²) in [7, 11) is 0. The van der Waals surface area contributed by atoms with Gasteiger partial charge in [-0.2, -0.15) is 0 Å². The zero-order chi connectivity index (χ0) is 18.6. The summed E-state index contributed by atoms with van der Waals surface area (Å²) in [5.74, 6) is 0.444. The largest absolute Gasteiger partial charge is 0.451 e. The van der Waals surface area contributed by atoms with Crippen LogP contribution in [0.5, 0.6) is 0 Å². The molecular formula is C20H23N3O4. The molecule has 2 aliphatic rings. The lowest BCUT2D eigenvalue weighted by atomic mass is 9.89. The van der Waals surface area contributed by atoms with Crippen molar-refractivity contribution in [1.29, 1.82) is 0 Å². The SMILES string of the molecule is O=C(Nc1ccc(C2CCN(C(=O)C3CCOC3)CC2)cc1)c1cocn1. The second-order valence-corrected chi connectivity index (χ2v) is 7.11. The van der Waals surface area contributed by atoms with Gasteiger partial charge in [0.05, 0.1) is 12.5 Å². The number of aromatic nitrogens is 1. The number of ether oxygens (including phenoxy) is 1. The Kier molecular flexibility index (Phi) is 5.20. The molecule has 7 nitrogen and oxygen atoms in total. The van der Waals surface area contributed by atoms with Gasteiger partial charge < -0.3 is 19.4 Å². The third-order valence-corrected chi connectivity index (χ3v) is 5.39. The minimum Gasteiger partial charge on any atom is -0.451 e. The predicted octanol–water partition coefficient (Wildman–Crippen LogP) is 2.67. The van der Waals surface area contributed by atoms with Crippen LogP contribution < -0.4 is 5.32 Å². The van der Waals surface area contributed by atoms with Crippen molar-refractivity contribution >= 4 is 17.5 Å². The van der Waals surface area contributed by atoms with Gasteiger partial charge in [0.2, 0.25) is 5.91 Å². The molecule has 2 aromatic rings. The molecule has 7 heteroatoms. The normalized spacial score (nSPS) is 20.6. The van der Waals surface area contributed by atoms with E-state index in [-0.39, 0.29) is 23.4 Å². The Morgan fingerprint density at radius 2 is 1.89 bits per heavy atom. The van der Waals surface area contributed by atoms with Gasteiger partial charge in [-0.15, -0.1) is 0 Å². The van der Waals surface area contributed by atoms with Gasteiger partial charge in [-0.1, -0.05) is 12.1 Å². The quantitative estimate of drug-likeness (QED) is 0.896. The Bertz CT molecular complexity index is 774. The van der Waals surface area contributed by atoms with Crippen LogP contribution in [0.15, 0.2) is 41.3 Å². The van der Waals surface area contributed by atoms with Crippen LogP contribution in [0.1, 0.15) is 41.2 Å². The Morgan fingerprint density at radius 1 is 1.11 bits per heavy atom. The molecule has 3 heterocycles. The molecule has 2 fully saturated rings. The summed E-state index contributed by atoms with van der Waals surface area (Å²) in [6.07, 6.45) is 5.32. The number of likely N-dealkylation sites (tertiary alicyclic amines) is 1. The molecule has 0 aliphatic carbocycles. The Balaban J connectivity index is 1.31. The molecule has 27 heavy (non-hydrogen) atoms. The highest BCUT2D eigenvalue weighted by molar-refractivity contribution is 6.02. The smallest absolute Gasteiger partial charge is 0.277 e. The molecule has 0 saturated carbocycles. The van der Waals surface area contributed by atoms with Gasteiger partial charge in [0.1, 0.15) is 6.26 Å². The number of carbonyl (C=O) groups excluding carboxylic acids is 2. The number of carbonyl (C=O) groups is 2. The van der Waals surface area contributed by atoms with Crippen molar-refractivity contribution in [2.24, 2.45) is 5.92 Å². The van der Waals surface area contributed by atoms with E-state index in [1.54, 1.807) is 0 Å². The number of nitrogens with zero attached hydrogens (tertiary/aromatic N) is 2. The lowest BCUT2D eigenvalue weighted by Gasteiger charge is -2.33. The summed E-state index contributed by atoms with van der Waals surface area (Å²) in [6.45, 7) is 2.86. The number of nitrogens with one attached hydrogen (secondary N) is 1. The van der Waals surface area contributed by atoms with Gasteiger partial charge in [-0.25, -0.2) is 4.98 Å². The summed E-state index contributed by atoms with van der Waals surface area (Å²) < 4.78 is 10.2. The molecule has 1 atom stereocenters. The third-order valence-electron chi connectivity index (χ3n) is 5.39. The number of amides is 2. The number of benzene rings is 1. The van der Waals surface area contributed by atoms with Crippen LogP contribution in [-0.4, -0.2) is 48.0 Å². The molecule has 2 aliphatic heterocycles. The van der Waals surface area contributed by atoms with Gasteiger partial charge >= 0.3 is 0 Å². The van der Waals surface area contributed by atoms with Crippen LogP contribution in [-0.2, 0) is 9.53 Å². The van der Waals surface area contributed by atoms with Gasteiger partial charge in [-0.05, 0) is 42.9 Å². The minimum absolute atomic E-state index is 0.0501. The molecule has 1 N–H and O–H groups in total. The zero-order valence-corrected chi connectivity index (χ0v) is 15.1. The highest BCUT2D eigenvalue weighted by Crippen LogP contribution is 2.30. The summed E-state index contributed by atoms with van der Waals surface area (Å²) in [4.78, 5) is 30.3. The van der Waals surface area contributed by atoms with Gasteiger partial charge in [0.25, 0.3) is 5.91 Å². The van der Waals surface area contributed by atoms with E-state index in [0.29, 0.717) is 19.1 Å². The van der Waals surface area contributed by atoms with E-state index in [1.807, 2.05) is 29.2 Å². The molecule has 1 aromatic carbocycles. The van der Waals surface area contributed by atoms with E-state index < -0.39 is 0 Å². The fourth-order valence-corrected chi connectivity index (χ4v) is 3.78. The first kappa shape index (κ1) is 17.7. The average Bonchev–Trinajstić information content (AvgIpc) is 3.42. The van der Waals surface area contributed by atoms with E-state index in [4.69, 9.17) is 9.15 Å². The molecule has 1 unspecified atom stereocenters. The lowest BCUT2D eigenvalue weighted by Crippen LogP contribution is -2.41. The van der Waals surface area contributed by atoms with E-state index in [2.05, 4.69) is 10.3 Å². The molecular weight excluding hydrogens is 346 g/mol. The summed E-state index contributed by atoms with van der Waals surface area (Å²) in [5.41, 5.74) is 2.22. The molecule has 0 bridgehead atoms. The van der Waals surface area contributed by atoms with E-state index in [9.17, 15) is 9.59 Å². The molecule has 142 valence electrons. The van der Waals surface area contributed by atoms with Crippen LogP contribution in [0.3, 0.4) is 0 Å². The fraction of sp³-hybridized carbons (Fsp3) is 0.450. The molecule has 2 amide bonds. The summed E-state index contributed by atoms with van der Waals surface area (Å²) >= 11 is 0. The highest BCUT2D eigenvalue weighted by Gasteiger charge is 2.30. The van der Waals surface area contributed by atoms with Crippen LogP contribution in [0.25, 0.3) is 0 Å². The first-order valence-electron chi connectivity index (χ1n) is 9.37. The van der Waals surface area contributed by atoms with Crippen molar-refractivity contribution in [2.75, 3.05) is 31.6 Å². The molecule has 0 radical (unpaired) electrons. The minimum atomic E-state index is -0.292. The van der Waals surface area contributed by atoms with Crippen LogP contribution >= 0.6 is 0 Å². The first-order valence-corrected chi connectivity index (χ1v) is 9.37. The standard InChI is InChI=1S/C20H23N3O4/c24-19(18-12-27-13-21-18)22-17-3-1-14(2-4-17)15-5-8-23(9-6-15)20(25)16-7-10-26-11-16/h1-4,12-13,15-16H,5-11H2,(H,22,24). The molecule has 1 aromatic heterocycles. The second-order valence-electron chi connectivity index (χ2n) is 7.11. The monoisotopic (exact) mass is 369 g/mol. The number of anilines is 1. The Morgan fingerprint density at radius 3 is 2.52 bits per heavy atom. The van der Waals surface area contributed by atoms with E-state index in [1.165, 1.54) is 18.2 Å². The third kappa shape index (κ3) is 4.03. The second kappa shape index (κ2) is 7.92. The van der Waals surface area contributed by atoms with Crippen LogP contribution in [0.2, 0.25) is 0 Å². The Hall–Kier alpha value is -2.67. The number of hydrogen-bond donors (Lipinski definition) is 1. The van der Waals surface area contributed by atoms with Gasteiger partial charge in [0.15, 0.2) is 12.1 Å². The summed E-state index contributed by atoms with van der Waals surface area (Å²) in [5, 5.41) is 2.80. The van der Waals surface area contributed by atoms with Gasteiger partial charge in [-0.3, -0.25) is 9.59 Å². The topological polar surface area (TPSA) is 84.7 Å². The number of rotatable bonds is 4. The predicted molar refractivity (Wildman–Crippen MR) is 98.4 cm³/mol. The maximum absolute atomic E-state index is 12.5. The molecule has 2 saturated heterocycles. The fourth-order valence-electron chi connectivity index (χ4n) is 3.78. The van der Waals surface area contributed by atoms with Crippen molar-refractivity contribution < 1.29 is 18.7 Å². The number of hydrogen-bond acceptors (Lipinski definition) is 5. The van der Waals surface area contributed by atoms with Crippen LogP contribution in [0.4, 0.5) is 5.69 Å². The van der Waals surface area contributed by atoms with Crippen LogP contribution in [0, 0.1) is 5.92 Å². The van der Waals surface area contributed by atoms with Crippen molar-refractivity contribution in [1.82, 2.24) is 9.88 Å². The zero-order valence-electron chi connectivity index (χ0n) is 15.1. The number of piperidine rings is 1. The van der Waals surface area contributed by atoms with Gasteiger partial charge in [0, 0.05) is 25.4 Å².